The van der Waals surface area contributed by atoms with Gasteiger partial charge in [0, 0.05) is 21.8 Å². The molecular weight excluding hydrogens is 478 g/mol. The number of nitrogens with zero attached hydrogens (tertiary/aromatic N) is 1. The van der Waals surface area contributed by atoms with Gasteiger partial charge in [-0.25, -0.2) is 0 Å². The number of carbonyl (C=O) groups excluding carboxylic acids is 3. The first kappa shape index (κ1) is 23.4. The maximum absolute atomic E-state index is 13.0. The van der Waals surface area contributed by atoms with Crippen LogP contribution in [0, 0.1) is 0 Å². The number of ether oxygens (including phenoxy) is 1. The van der Waals surface area contributed by atoms with Crippen molar-refractivity contribution in [3.05, 3.63) is 89.4 Å². The van der Waals surface area contributed by atoms with E-state index in [0.29, 0.717) is 39.1 Å². The predicted molar refractivity (Wildman–Crippen MR) is 141 cm³/mol. The lowest BCUT2D eigenvalue weighted by molar-refractivity contribution is -0.124. The molecule has 7 nitrogen and oxygen atoms in total. The van der Waals surface area contributed by atoms with Gasteiger partial charge in [0.2, 0.25) is 17.7 Å². The summed E-state index contributed by atoms with van der Waals surface area (Å²) in [5, 5.41) is 8.01. The number of carbonyl (C=O) groups is 3. The molecule has 0 fully saturated rings. The normalized spacial score (nSPS) is 13.1. The Morgan fingerprint density at radius 1 is 1.03 bits per heavy atom. The number of hydrogen-bond acceptors (Lipinski definition) is 4. The second kappa shape index (κ2) is 9.71. The van der Waals surface area contributed by atoms with E-state index >= 15 is 0 Å². The van der Waals surface area contributed by atoms with Crippen molar-refractivity contribution >= 4 is 62.8 Å². The van der Waals surface area contributed by atoms with Crippen molar-refractivity contribution in [2.24, 2.45) is 0 Å². The summed E-state index contributed by atoms with van der Waals surface area (Å²) >= 11 is 6.25. The number of anilines is 4. The molecule has 0 radical (unpaired) electrons. The predicted octanol–water partition coefficient (Wildman–Crippen LogP) is 5.69. The van der Waals surface area contributed by atoms with Crippen LogP contribution in [0.5, 0.6) is 5.75 Å². The van der Waals surface area contributed by atoms with E-state index in [1.54, 1.807) is 49.6 Å². The minimum absolute atomic E-state index is 0.101. The summed E-state index contributed by atoms with van der Waals surface area (Å²) in [6.45, 7) is 0. The summed E-state index contributed by atoms with van der Waals surface area (Å²) in [5.74, 6) is -0.310. The lowest BCUT2D eigenvalue weighted by Gasteiger charge is -2.23. The summed E-state index contributed by atoms with van der Waals surface area (Å²) < 4.78 is 5.14. The summed E-state index contributed by atoms with van der Waals surface area (Å²) in [4.78, 5) is 39.6. The summed E-state index contributed by atoms with van der Waals surface area (Å²) in [6, 6.07) is 23.5. The lowest BCUT2D eigenvalue weighted by atomic mass is 10.1. The molecule has 5 rings (SSSR count). The molecule has 0 atom stereocenters. The standard InChI is InChI=1S/C28H22ClN3O4/c1-36-21-12-6-18(23(29)15-21)14-25(33)30-19-8-10-20(11-9-19)32-24-13-7-17-4-2-3-5-22(17)28(24)31-26(34)16-27(32)35/h2-13,15H,14,16H2,1H3,(H,30,33)(H,31,34). The molecule has 4 aromatic carbocycles. The molecule has 1 aliphatic rings. The summed E-state index contributed by atoms with van der Waals surface area (Å²) in [5.41, 5.74) is 3.03. The van der Waals surface area contributed by atoms with Crippen LogP contribution in [0.2, 0.25) is 5.02 Å². The van der Waals surface area contributed by atoms with Crippen LogP contribution in [0.25, 0.3) is 10.8 Å². The maximum atomic E-state index is 13.0. The van der Waals surface area contributed by atoms with Gasteiger partial charge in [0.1, 0.15) is 12.2 Å². The zero-order valence-corrected chi connectivity index (χ0v) is 20.1. The van der Waals surface area contributed by atoms with E-state index in [4.69, 9.17) is 16.3 Å². The molecule has 3 amide bonds. The van der Waals surface area contributed by atoms with Gasteiger partial charge < -0.3 is 15.4 Å². The van der Waals surface area contributed by atoms with Crippen LogP contribution in [-0.2, 0) is 20.8 Å². The average molecular weight is 500 g/mol. The monoisotopic (exact) mass is 499 g/mol. The van der Waals surface area contributed by atoms with Crippen LogP contribution in [-0.4, -0.2) is 24.8 Å². The van der Waals surface area contributed by atoms with Gasteiger partial charge in [0.05, 0.1) is 24.9 Å². The third-order valence-corrected chi connectivity index (χ3v) is 6.35. The van der Waals surface area contributed by atoms with Crippen LogP contribution in [0.4, 0.5) is 22.7 Å². The molecule has 0 saturated carbocycles. The van der Waals surface area contributed by atoms with E-state index in [-0.39, 0.29) is 30.6 Å². The Morgan fingerprint density at radius 3 is 2.56 bits per heavy atom. The van der Waals surface area contributed by atoms with Crippen molar-refractivity contribution in [3.63, 3.8) is 0 Å². The third-order valence-electron chi connectivity index (χ3n) is 5.99. The first-order valence-electron chi connectivity index (χ1n) is 11.3. The average Bonchev–Trinajstić information content (AvgIpc) is 3.00. The van der Waals surface area contributed by atoms with Crippen molar-refractivity contribution in [2.75, 3.05) is 22.6 Å². The zero-order valence-electron chi connectivity index (χ0n) is 19.4. The van der Waals surface area contributed by atoms with E-state index in [2.05, 4.69) is 10.6 Å². The van der Waals surface area contributed by atoms with E-state index in [1.807, 2.05) is 36.4 Å². The Balaban J connectivity index is 1.39. The molecule has 4 aromatic rings. The van der Waals surface area contributed by atoms with Gasteiger partial charge in [0.15, 0.2) is 0 Å². The van der Waals surface area contributed by atoms with Crippen molar-refractivity contribution in [3.8, 4) is 5.75 Å². The van der Waals surface area contributed by atoms with Gasteiger partial charge in [-0.1, -0.05) is 48.0 Å². The highest BCUT2D eigenvalue weighted by Gasteiger charge is 2.28. The van der Waals surface area contributed by atoms with Gasteiger partial charge in [-0.3, -0.25) is 19.3 Å². The molecule has 0 unspecified atom stereocenters. The molecule has 0 aliphatic carbocycles. The number of methoxy groups -OCH3 is 1. The van der Waals surface area contributed by atoms with Crippen molar-refractivity contribution < 1.29 is 19.1 Å². The fraction of sp³-hybridized carbons (Fsp3) is 0.107. The molecule has 0 aromatic heterocycles. The molecule has 36 heavy (non-hydrogen) atoms. The second-order valence-electron chi connectivity index (χ2n) is 8.36. The SMILES string of the molecule is COc1ccc(CC(=O)Nc2ccc(N3C(=O)CC(=O)Nc4c3ccc3ccccc43)cc2)c(Cl)c1. The first-order valence-corrected chi connectivity index (χ1v) is 11.7. The number of rotatable bonds is 5. The van der Waals surface area contributed by atoms with Crippen LogP contribution in [0.1, 0.15) is 12.0 Å². The van der Waals surface area contributed by atoms with E-state index in [9.17, 15) is 14.4 Å². The third kappa shape index (κ3) is 4.61. The molecule has 0 spiro atoms. The summed E-state index contributed by atoms with van der Waals surface area (Å²) in [7, 11) is 1.55. The zero-order chi connectivity index (χ0) is 25.2. The Labute approximate surface area is 212 Å². The van der Waals surface area contributed by atoms with Gasteiger partial charge in [0.25, 0.3) is 0 Å². The van der Waals surface area contributed by atoms with Crippen LogP contribution in [0.3, 0.4) is 0 Å². The number of fused-ring (bicyclic) bond motifs is 3. The van der Waals surface area contributed by atoms with Crippen LogP contribution in [0.15, 0.2) is 78.9 Å². The molecule has 2 N–H and O–H groups in total. The lowest BCUT2D eigenvalue weighted by Crippen LogP contribution is -2.26. The van der Waals surface area contributed by atoms with Crippen LogP contribution < -0.4 is 20.3 Å². The Kier molecular flexibility index (Phi) is 6.31. The minimum atomic E-state index is -0.360. The van der Waals surface area contributed by atoms with Gasteiger partial charge in [-0.2, -0.15) is 0 Å². The number of hydrogen-bond donors (Lipinski definition) is 2. The number of nitrogens with one attached hydrogen (secondary N) is 2. The molecular formula is C28H22ClN3O4. The highest BCUT2D eigenvalue weighted by atomic mass is 35.5. The Hall–Kier alpha value is -4.36. The Morgan fingerprint density at radius 2 is 1.81 bits per heavy atom. The molecule has 0 bridgehead atoms. The fourth-order valence-electron chi connectivity index (χ4n) is 4.27. The van der Waals surface area contributed by atoms with Crippen molar-refractivity contribution in [1.82, 2.24) is 0 Å². The quantitative estimate of drug-likeness (QED) is 0.345. The van der Waals surface area contributed by atoms with E-state index in [0.717, 1.165) is 10.8 Å². The van der Waals surface area contributed by atoms with Crippen LogP contribution >= 0.6 is 11.6 Å². The fourth-order valence-corrected chi connectivity index (χ4v) is 4.50. The van der Waals surface area contributed by atoms with E-state index in [1.165, 1.54) is 4.90 Å². The largest absolute Gasteiger partial charge is 0.497 e. The number of halogens is 1. The summed E-state index contributed by atoms with van der Waals surface area (Å²) in [6.07, 6.45) is -0.173. The smallest absolute Gasteiger partial charge is 0.241 e. The number of amides is 3. The number of benzene rings is 4. The topological polar surface area (TPSA) is 87.7 Å². The minimum Gasteiger partial charge on any atom is -0.497 e. The van der Waals surface area contributed by atoms with E-state index < -0.39 is 0 Å². The molecule has 8 heteroatoms. The molecule has 1 heterocycles. The van der Waals surface area contributed by atoms with Gasteiger partial charge in [-0.15, -0.1) is 0 Å². The van der Waals surface area contributed by atoms with Crippen molar-refractivity contribution in [2.45, 2.75) is 12.8 Å². The molecule has 0 saturated heterocycles. The Bertz CT molecular complexity index is 1500. The molecule has 1 aliphatic heterocycles. The highest BCUT2D eigenvalue weighted by molar-refractivity contribution is 6.31. The maximum Gasteiger partial charge on any atom is 0.241 e. The first-order chi connectivity index (χ1) is 17.4. The highest BCUT2D eigenvalue weighted by Crippen LogP contribution is 2.40. The van der Waals surface area contributed by atoms with Gasteiger partial charge in [-0.05, 0) is 53.4 Å². The van der Waals surface area contributed by atoms with Gasteiger partial charge >= 0.3 is 0 Å². The second-order valence-corrected chi connectivity index (χ2v) is 8.77. The van der Waals surface area contributed by atoms with Crippen molar-refractivity contribution in [1.29, 1.82) is 0 Å². The molecule has 180 valence electrons.